The van der Waals surface area contributed by atoms with Crippen molar-refractivity contribution in [2.75, 3.05) is 4.90 Å². The van der Waals surface area contributed by atoms with E-state index in [0.717, 1.165) is 22.0 Å². The van der Waals surface area contributed by atoms with E-state index in [0.29, 0.717) is 17.9 Å². The molecule has 0 fully saturated rings. The van der Waals surface area contributed by atoms with E-state index in [-0.39, 0.29) is 5.91 Å². The standard InChI is InChI=1S/C15H11N3O2/c1-9-12(17-20-16-9)8-18-13-7-3-5-10-4-2-6-11(14(10)13)15(18)19/h2-7H,8H2,1H3. The molecule has 0 spiro atoms. The topological polar surface area (TPSA) is 59.2 Å². The number of amides is 1. The maximum absolute atomic E-state index is 12.6. The molecular weight excluding hydrogens is 254 g/mol. The Balaban J connectivity index is 1.87. The smallest absolute Gasteiger partial charge is 0.259 e. The third kappa shape index (κ3) is 1.40. The van der Waals surface area contributed by atoms with Gasteiger partial charge in [-0.25, -0.2) is 4.63 Å². The highest BCUT2D eigenvalue weighted by molar-refractivity contribution is 6.24. The molecule has 1 aromatic heterocycles. The van der Waals surface area contributed by atoms with Crippen LogP contribution >= 0.6 is 0 Å². The third-order valence-corrected chi connectivity index (χ3v) is 3.70. The zero-order valence-corrected chi connectivity index (χ0v) is 10.8. The molecule has 0 N–H and O–H groups in total. The van der Waals surface area contributed by atoms with Crippen LogP contribution in [-0.4, -0.2) is 16.2 Å². The van der Waals surface area contributed by atoms with Gasteiger partial charge in [-0.3, -0.25) is 4.79 Å². The van der Waals surface area contributed by atoms with Gasteiger partial charge in [-0.1, -0.05) is 34.6 Å². The van der Waals surface area contributed by atoms with Crippen LogP contribution in [0.15, 0.2) is 41.0 Å². The Labute approximate surface area is 114 Å². The molecule has 5 nitrogen and oxygen atoms in total. The first-order chi connectivity index (χ1) is 9.75. The van der Waals surface area contributed by atoms with Crippen molar-refractivity contribution in [3.63, 3.8) is 0 Å². The minimum absolute atomic E-state index is 0.000741. The summed E-state index contributed by atoms with van der Waals surface area (Å²) in [6.07, 6.45) is 0. The normalized spacial score (nSPS) is 13.4. The Kier molecular flexibility index (Phi) is 2.18. The highest BCUT2D eigenvalue weighted by atomic mass is 16.6. The SMILES string of the molecule is Cc1nonc1CN1C(=O)c2cccc3cccc1c23. The maximum Gasteiger partial charge on any atom is 0.259 e. The molecule has 20 heavy (non-hydrogen) atoms. The largest absolute Gasteiger partial charge is 0.301 e. The van der Waals surface area contributed by atoms with E-state index < -0.39 is 0 Å². The predicted molar refractivity (Wildman–Crippen MR) is 73.5 cm³/mol. The van der Waals surface area contributed by atoms with E-state index in [1.165, 1.54) is 0 Å². The van der Waals surface area contributed by atoms with Crippen LogP contribution in [0.1, 0.15) is 21.7 Å². The Morgan fingerprint density at radius 3 is 2.70 bits per heavy atom. The minimum Gasteiger partial charge on any atom is -0.301 e. The lowest BCUT2D eigenvalue weighted by Gasteiger charge is -2.15. The molecule has 0 aliphatic carbocycles. The van der Waals surface area contributed by atoms with Gasteiger partial charge in [0.05, 0.1) is 12.2 Å². The minimum atomic E-state index is -0.000741. The lowest BCUT2D eigenvalue weighted by Crippen LogP contribution is -2.26. The zero-order valence-electron chi connectivity index (χ0n) is 10.8. The summed E-state index contributed by atoms with van der Waals surface area (Å²) in [5, 5.41) is 9.70. The number of carbonyl (C=O) groups is 1. The second kappa shape index (κ2) is 3.90. The molecule has 0 saturated heterocycles. The van der Waals surface area contributed by atoms with Gasteiger partial charge < -0.3 is 4.90 Å². The fourth-order valence-corrected chi connectivity index (χ4v) is 2.68. The van der Waals surface area contributed by atoms with Crippen molar-refractivity contribution in [1.29, 1.82) is 0 Å². The fourth-order valence-electron chi connectivity index (χ4n) is 2.68. The van der Waals surface area contributed by atoms with Crippen molar-refractivity contribution >= 4 is 22.4 Å². The number of benzene rings is 2. The lowest BCUT2D eigenvalue weighted by molar-refractivity contribution is 0.0991. The molecule has 1 amide bonds. The first kappa shape index (κ1) is 11.2. The van der Waals surface area contributed by atoms with E-state index in [4.69, 9.17) is 4.63 Å². The predicted octanol–water partition coefficient (Wildman–Crippen LogP) is 2.69. The highest BCUT2D eigenvalue weighted by Crippen LogP contribution is 2.37. The van der Waals surface area contributed by atoms with Gasteiger partial charge in [0.25, 0.3) is 5.91 Å². The monoisotopic (exact) mass is 265 g/mol. The van der Waals surface area contributed by atoms with Crippen molar-refractivity contribution in [3.05, 3.63) is 53.3 Å². The molecule has 3 aromatic rings. The van der Waals surface area contributed by atoms with E-state index in [1.54, 1.807) is 4.90 Å². The molecule has 4 rings (SSSR count). The van der Waals surface area contributed by atoms with Gasteiger partial charge in [-0.05, 0) is 24.4 Å². The quantitative estimate of drug-likeness (QED) is 0.714. The molecule has 98 valence electrons. The summed E-state index contributed by atoms with van der Waals surface area (Å²) in [4.78, 5) is 14.3. The molecule has 1 aliphatic rings. The summed E-state index contributed by atoms with van der Waals surface area (Å²) in [6, 6.07) is 11.7. The Bertz CT molecular complexity index is 833. The van der Waals surface area contributed by atoms with Gasteiger partial charge in [-0.2, -0.15) is 0 Å². The second-order valence-corrected chi connectivity index (χ2v) is 4.87. The molecule has 2 heterocycles. The number of aromatic nitrogens is 2. The number of rotatable bonds is 2. The van der Waals surface area contributed by atoms with Gasteiger partial charge in [0.1, 0.15) is 11.4 Å². The molecule has 0 atom stereocenters. The highest BCUT2D eigenvalue weighted by Gasteiger charge is 2.30. The van der Waals surface area contributed by atoms with Crippen LogP contribution in [0.4, 0.5) is 5.69 Å². The van der Waals surface area contributed by atoms with Gasteiger partial charge in [-0.15, -0.1) is 0 Å². The average molecular weight is 265 g/mol. The van der Waals surface area contributed by atoms with Gasteiger partial charge in [0.2, 0.25) is 0 Å². The van der Waals surface area contributed by atoms with Crippen LogP contribution < -0.4 is 4.90 Å². The number of hydrogen-bond acceptors (Lipinski definition) is 4. The Morgan fingerprint density at radius 1 is 1.15 bits per heavy atom. The number of nitrogens with zero attached hydrogens (tertiary/aromatic N) is 3. The Hall–Kier alpha value is -2.69. The maximum atomic E-state index is 12.6. The number of carbonyl (C=O) groups excluding carboxylic acids is 1. The van der Waals surface area contributed by atoms with E-state index in [2.05, 4.69) is 10.3 Å². The Morgan fingerprint density at radius 2 is 1.95 bits per heavy atom. The molecule has 1 aliphatic heterocycles. The summed E-state index contributed by atoms with van der Waals surface area (Å²) >= 11 is 0. The van der Waals surface area contributed by atoms with E-state index in [9.17, 15) is 4.79 Å². The van der Waals surface area contributed by atoms with Crippen LogP contribution in [0.5, 0.6) is 0 Å². The van der Waals surface area contributed by atoms with Crippen LogP contribution in [0.2, 0.25) is 0 Å². The summed E-state index contributed by atoms with van der Waals surface area (Å²) < 4.78 is 4.70. The number of hydrogen-bond donors (Lipinski definition) is 0. The van der Waals surface area contributed by atoms with Crippen LogP contribution in [0, 0.1) is 6.92 Å². The summed E-state index contributed by atoms with van der Waals surface area (Å²) in [6.45, 7) is 2.20. The molecule has 0 bridgehead atoms. The number of aryl methyl sites for hydroxylation is 1. The lowest BCUT2D eigenvalue weighted by atomic mass is 10.1. The van der Waals surface area contributed by atoms with Crippen molar-refractivity contribution < 1.29 is 9.42 Å². The average Bonchev–Trinajstić information content (AvgIpc) is 2.98. The summed E-state index contributed by atoms with van der Waals surface area (Å²) in [5.74, 6) is -0.000741. The van der Waals surface area contributed by atoms with Gasteiger partial charge >= 0.3 is 0 Å². The molecule has 0 radical (unpaired) electrons. The zero-order chi connectivity index (χ0) is 13.7. The first-order valence-electron chi connectivity index (χ1n) is 6.37. The van der Waals surface area contributed by atoms with Crippen molar-refractivity contribution in [2.45, 2.75) is 13.5 Å². The van der Waals surface area contributed by atoms with Crippen molar-refractivity contribution in [1.82, 2.24) is 10.3 Å². The molecule has 2 aromatic carbocycles. The summed E-state index contributed by atoms with van der Waals surface area (Å²) in [5.41, 5.74) is 3.06. The second-order valence-electron chi connectivity index (χ2n) is 4.87. The van der Waals surface area contributed by atoms with Crippen LogP contribution in [-0.2, 0) is 6.54 Å². The van der Waals surface area contributed by atoms with Gasteiger partial charge in [0.15, 0.2) is 0 Å². The molecule has 0 saturated carbocycles. The number of anilines is 1. The van der Waals surface area contributed by atoms with Gasteiger partial charge in [0, 0.05) is 10.9 Å². The van der Waals surface area contributed by atoms with Crippen molar-refractivity contribution in [2.24, 2.45) is 0 Å². The third-order valence-electron chi connectivity index (χ3n) is 3.70. The fraction of sp³-hybridized carbons (Fsp3) is 0.133. The molecule has 5 heteroatoms. The van der Waals surface area contributed by atoms with Crippen LogP contribution in [0.3, 0.4) is 0 Å². The molecular formula is C15H11N3O2. The summed E-state index contributed by atoms with van der Waals surface area (Å²) in [7, 11) is 0. The van der Waals surface area contributed by atoms with Crippen molar-refractivity contribution in [3.8, 4) is 0 Å². The van der Waals surface area contributed by atoms with Crippen LogP contribution in [0.25, 0.3) is 10.8 Å². The first-order valence-corrected chi connectivity index (χ1v) is 6.37. The van der Waals surface area contributed by atoms with E-state index >= 15 is 0 Å². The van der Waals surface area contributed by atoms with E-state index in [1.807, 2.05) is 43.3 Å². The molecule has 0 unspecified atom stereocenters.